The van der Waals surface area contributed by atoms with Crippen molar-refractivity contribution in [1.29, 1.82) is 0 Å². The van der Waals surface area contributed by atoms with E-state index in [4.69, 9.17) is 0 Å². The lowest BCUT2D eigenvalue weighted by Crippen LogP contribution is -2.59. The lowest BCUT2D eigenvalue weighted by molar-refractivity contribution is -0.394. The van der Waals surface area contributed by atoms with E-state index in [0.29, 0.717) is 31.7 Å². The van der Waals surface area contributed by atoms with Gasteiger partial charge >= 0.3 is 36.0 Å². The molecule has 17 heteroatoms. The summed E-state index contributed by atoms with van der Waals surface area (Å²) in [5.74, 6) is -20.7. The van der Waals surface area contributed by atoms with Crippen molar-refractivity contribution in [3.8, 4) is 5.75 Å². The van der Waals surface area contributed by atoms with Crippen LogP contribution in [0, 0.1) is 20.2 Å². The second-order valence-electron chi connectivity index (χ2n) is 7.58. The van der Waals surface area contributed by atoms with Crippen molar-refractivity contribution < 1.29 is 59.2 Å². The molecular weight excluding hydrogens is 508 g/mol. The third kappa shape index (κ3) is 5.70. The van der Waals surface area contributed by atoms with E-state index in [-0.39, 0.29) is 5.56 Å². The highest BCUT2D eigenvalue weighted by Crippen LogP contribution is 2.49. The van der Waals surface area contributed by atoms with Crippen LogP contribution in [0.15, 0.2) is 12.1 Å². The van der Waals surface area contributed by atoms with Crippen LogP contribution in [0.5, 0.6) is 5.75 Å². The van der Waals surface area contributed by atoms with Crippen molar-refractivity contribution in [1.82, 2.24) is 0 Å². The molecule has 0 bridgehead atoms. The highest BCUT2D eigenvalue weighted by atomic mass is 19.4. The van der Waals surface area contributed by atoms with E-state index in [0.717, 1.165) is 12.5 Å². The van der Waals surface area contributed by atoms with Gasteiger partial charge in [-0.2, -0.15) is 26.3 Å². The molecule has 1 aliphatic carbocycles. The van der Waals surface area contributed by atoms with Gasteiger partial charge in [-0.1, -0.05) is 19.3 Å². The molecule has 9 nitrogen and oxygen atoms in total. The minimum absolute atomic E-state index is 0.233. The quantitative estimate of drug-likeness (QED) is 0.123. The van der Waals surface area contributed by atoms with Crippen LogP contribution in [0.1, 0.15) is 43.6 Å². The number of hydrogen-bond donors (Lipinski definition) is 0. The maximum absolute atomic E-state index is 13.6. The molecule has 0 amide bonds. The number of rotatable bonds is 9. The monoisotopic (exact) mass is 524 g/mol. The van der Waals surface area contributed by atoms with Crippen LogP contribution in [0.25, 0.3) is 0 Å². The number of nitro benzene ring substituents is 2. The topological polar surface area (TPSA) is 122 Å². The molecule has 0 spiro atoms. The number of carbonyl (C=O) groups excluding carboxylic acids is 1. The van der Waals surface area contributed by atoms with E-state index in [2.05, 4.69) is 9.47 Å². The predicted molar refractivity (Wildman–Crippen MR) is 98.4 cm³/mol. The molecule has 0 heterocycles. The number of halogens is 8. The fourth-order valence-corrected chi connectivity index (χ4v) is 3.42. The Labute approximate surface area is 190 Å². The summed E-state index contributed by atoms with van der Waals surface area (Å²) in [6.07, 6.45) is -4.85. The number of carbonyl (C=O) groups is 1. The van der Waals surface area contributed by atoms with Gasteiger partial charge in [0.15, 0.2) is 6.61 Å². The summed E-state index contributed by atoms with van der Waals surface area (Å²) in [7, 11) is 0. The van der Waals surface area contributed by atoms with Gasteiger partial charge in [0.05, 0.1) is 15.9 Å². The van der Waals surface area contributed by atoms with Crippen molar-refractivity contribution in [3.63, 3.8) is 0 Å². The molecule has 1 aliphatic rings. The summed E-state index contributed by atoms with van der Waals surface area (Å²) in [5, 5.41) is 22.6. The largest absolute Gasteiger partial charge is 0.514 e. The Balaban J connectivity index is 2.35. The van der Waals surface area contributed by atoms with E-state index < -0.39 is 69.8 Å². The summed E-state index contributed by atoms with van der Waals surface area (Å²) >= 11 is 0. The van der Waals surface area contributed by atoms with E-state index in [1.54, 1.807) is 0 Å². The van der Waals surface area contributed by atoms with Crippen LogP contribution in [-0.2, 0) is 4.74 Å². The van der Waals surface area contributed by atoms with Gasteiger partial charge in [0.1, 0.15) is 0 Å². The molecule has 35 heavy (non-hydrogen) atoms. The third-order valence-corrected chi connectivity index (χ3v) is 5.24. The first-order valence-corrected chi connectivity index (χ1v) is 9.76. The van der Waals surface area contributed by atoms with Gasteiger partial charge in [-0.15, -0.1) is 0 Å². The van der Waals surface area contributed by atoms with Crippen molar-refractivity contribution >= 4 is 17.5 Å². The van der Waals surface area contributed by atoms with E-state index in [9.17, 15) is 60.1 Å². The molecule has 1 saturated carbocycles. The van der Waals surface area contributed by atoms with Crippen LogP contribution in [-0.4, -0.2) is 46.8 Å². The zero-order valence-electron chi connectivity index (χ0n) is 17.3. The first kappa shape index (κ1) is 28.0. The lowest BCUT2D eigenvalue weighted by atomic mass is 9.83. The maximum atomic E-state index is 13.6. The van der Waals surface area contributed by atoms with Gasteiger partial charge in [-0.25, -0.2) is 13.6 Å². The normalized spacial score (nSPS) is 15.7. The number of alkyl halides is 8. The Morgan fingerprint density at radius 1 is 1.00 bits per heavy atom. The van der Waals surface area contributed by atoms with E-state index in [1.165, 1.54) is 0 Å². The van der Waals surface area contributed by atoms with E-state index >= 15 is 0 Å². The molecule has 2 rings (SSSR count). The lowest BCUT2D eigenvalue weighted by Gasteiger charge is -2.31. The zero-order chi connectivity index (χ0) is 26.8. The summed E-state index contributed by atoms with van der Waals surface area (Å²) in [5.41, 5.74) is -2.15. The molecular formula is C18H16F8N2O7. The van der Waals surface area contributed by atoms with Gasteiger partial charge in [-0.05, 0) is 18.8 Å². The molecule has 196 valence electrons. The zero-order valence-corrected chi connectivity index (χ0v) is 17.3. The number of benzene rings is 1. The standard InChI is InChI=1S/C18H16F8N2O7/c19-14(20)17(23,24)18(25,26)16(21,22)8-34-15(29)35-13-11(9-4-2-1-3-5-9)6-10(27(30)31)7-12(13)28(32)33/h6-7,9,14H,1-5,8H2. The number of hydrogen-bond acceptors (Lipinski definition) is 7. The molecule has 0 saturated heterocycles. The van der Waals surface area contributed by atoms with Crippen LogP contribution >= 0.6 is 0 Å². The van der Waals surface area contributed by atoms with Crippen molar-refractivity contribution in [2.24, 2.45) is 0 Å². The maximum Gasteiger partial charge on any atom is 0.514 e. The Kier molecular flexibility index (Phi) is 8.11. The third-order valence-electron chi connectivity index (χ3n) is 5.24. The van der Waals surface area contributed by atoms with Crippen LogP contribution in [0.2, 0.25) is 0 Å². The first-order chi connectivity index (χ1) is 16.0. The second-order valence-corrected chi connectivity index (χ2v) is 7.58. The minimum atomic E-state index is -6.65. The van der Waals surface area contributed by atoms with Gasteiger partial charge in [0.25, 0.3) is 5.69 Å². The molecule has 0 atom stereocenters. The van der Waals surface area contributed by atoms with Crippen LogP contribution in [0.3, 0.4) is 0 Å². The minimum Gasteiger partial charge on any atom is -0.427 e. The molecule has 1 aromatic carbocycles. The number of nitro groups is 2. The predicted octanol–water partition coefficient (Wildman–Crippen LogP) is 6.24. The first-order valence-electron chi connectivity index (χ1n) is 9.76. The summed E-state index contributed by atoms with van der Waals surface area (Å²) in [4.78, 5) is 32.3. The van der Waals surface area contributed by atoms with Crippen molar-refractivity contribution in [2.75, 3.05) is 6.61 Å². The Hall–Kier alpha value is -3.27. The number of nitrogens with zero attached hydrogens (tertiary/aromatic N) is 2. The molecule has 0 aromatic heterocycles. The fraction of sp³-hybridized carbons (Fsp3) is 0.611. The van der Waals surface area contributed by atoms with Crippen LogP contribution < -0.4 is 4.74 Å². The van der Waals surface area contributed by atoms with E-state index in [1.807, 2.05) is 0 Å². The molecule has 0 unspecified atom stereocenters. The van der Waals surface area contributed by atoms with Gasteiger partial charge < -0.3 is 9.47 Å². The summed E-state index contributed by atoms with van der Waals surface area (Å²) < 4.78 is 112. The van der Waals surface area contributed by atoms with Gasteiger partial charge in [0, 0.05) is 11.6 Å². The van der Waals surface area contributed by atoms with Crippen LogP contribution in [0.4, 0.5) is 51.3 Å². The average Bonchev–Trinajstić information content (AvgIpc) is 2.77. The van der Waals surface area contributed by atoms with Crippen molar-refractivity contribution in [3.05, 3.63) is 37.9 Å². The SMILES string of the molecule is O=C(OCC(F)(F)C(F)(F)C(F)(F)C(F)F)Oc1c(C2CCCCC2)cc([N+](=O)[O-])cc1[N+](=O)[O-]. The highest BCUT2D eigenvalue weighted by Gasteiger charge is 2.75. The summed E-state index contributed by atoms with van der Waals surface area (Å²) in [6, 6.07) is 1.23. The molecule has 0 radical (unpaired) electrons. The molecule has 0 aliphatic heterocycles. The fourth-order valence-electron chi connectivity index (χ4n) is 3.42. The number of ether oxygens (including phenoxy) is 2. The van der Waals surface area contributed by atoms with Gasteiger partial charge in [0.2, 0.25) is 5.75 Å². The molecule has 1 fully saturated rings. The average molecular weight is 524 g/mol. The Bertz CT molecular complexity index is 984. The molecule has 0 N–H and O–H groups in total. The Morgan fingerprint density at radius 3 is 2.06 bits per heavy atom. The highest BCUT2D eigenvalue weighted by molar-refractivity contribution is 5.70. The van der Waals surface area contributed by atoms with Gasteiger partial charge in [-0.3, -0.25) is 20.2 Å². The molecule has 1 aromatic rings. The number of non-ortho nitro benzene ring substituents is 1. The summed E-state index contributed by atoms with van der Waals surface area (Å²) in [6.45, 7) is -2.85. The van der Waals surface area contributed by atoms with Crippen molar-refractivity contribution in [2.45, 2.75) is 62.2 Å². The Morgan fingerprint density at radius 2 is 1.57 bits per heavy atom. The smallest absolute Gasteiger partial charge is 0.427 e. The second kappa shape index (κ2) is 10.2.